The van der Waals surface area contributed by atoms with E-state index in [0.29, 0.717) is 10.7 Å². The van der Waals surface area contributed by atoms with Crippen molar-refractivity contribution in [3.05, 3.63) is 87.9 Å². The molecule has 0 fully saturated rings. The van der Waals surface area contributed by atoms with Crippen molar-refractivity contribution in [2.75, 3.05) is 0 Å². The van der Waals surface area contributed by atoms with Crippen LogP contribution in [0.3, 0.4) is 0 Å². The molecular weight excluding hydrogens is 588 g/mol. The van der Waals surface area contributed by atoms with E-state index in [0.717, 1.165) is 38.4 Å². The van der Waals surface area contributed by atoms with Crippen LogP contribution in [0.15, 0.2) is 67.0 Å². The summed E-state index contributed by atoms with van der Waals surface area (Å²) in [6.07, 6.45) is 2.14. The number of thiophene rings is 1. The number of aliphatic hydroxyl groups excluding tert-OH is 1. The van der Waals surface area contributed by atoms with Gasteiger partial charge in [-0.3, -0.25) is 9.59 Å². The van der Waals surface area contributed by atoms with Gasteiger partial charge in [0, 0.05) is 34.8 Å². The Hall–Kier alpha value is -4.12. The zero-order chi connectivity index (χ0) is 32.9. The highest BCUT2D eigenvalue weighted by molar-refractivity contribution is 7.14. The lowest BCUT2D eigenvalue weighted by molar-refractivity contribution is -0.128. The molecule has 4 aromatic rings. The number of aliphatic hydroxyl groups is 2. The summed E-state index contributed by atoms with van der Waals surface area (Å²) in [6, 6.07) is 15.3. The number of nitrogens with one attached hydrogen (secondary N) is 2. The van der Waals surface area contributed by atoms with Crippen molar-refractivity contribution in [2.45, 2.75) is 84.8 Å². The summed E-state index contributed by atoms with van der Waals surface area (Å²) < 4.78 is 5.84. The van der Waals surface area contributed by atoms with E-state index in [1.54, 1.807) is 18.5 Å². The van der Waals surface area contributed by atoms with E-state index in [1.807, 2.05) is 63.2 Å². The molecule has 45 heavy (non-hydrogen) atoms. The van der Waals surface area contributed by atoms with Crippen LogP contribution in [0, 0.1) is 6.92 Å². The summed E-state index contributed by atoms with van der Waals surface area (Å²) in [4.78, 5) is 37.0. The molecule has 0 radical (unpaired) electrons. The van der Waals surface area contributed by atoms with Gasteiger partial charge in [0.05, 0.1) is 17.0 Å². The average Bonchev–Trinajstić information content (AvgIpc) is 3.50. The Morgan fingerprint density at radius 1 is 0.889 bits per heavy atom. The van der Waals surface area contributed by atoms with E-state index in [-0.39, 0.29) is 23.8 Å². The van der Waals surface area contributed by atoms with Gasteiger partial charge < -0.3 is 25.6 Å². The molecule has 9 nitrogen and oxygen atoms in total. The molecular formula is C35H42N4O5S. The maximum atomic E-state index is 13.2. The minimum Gasteiger partial charge on any atom is -0.491 e. The van der Waals surface area contributed by atoms with Crippen LogP contribution in [0.2, 0.25) is 0 Å². The highest BCUT2D eigenvalue weighted by Crippen LogP contribution is 2.30. The number of amides is 2. The Kier molecular flexibility index (Phi) is 10.7. The smallest absolute Gasteiger partial charge is 0.262 e. The van der Waals surface area contributed by atoms with Crippen LogP contribution < -0.4 is 15.4 Å². The predicted molar refractivity (Wildman–Crippen MR) is 177 cm³/mol. The highest BCUT2D eigenvalue weighted by Gasteiger charge is 2.26. The number of hydrogen-bond acceptors (Lipinski definition) is 8. The molecule has 2 amide bonds. The number of rotatable bonds is 11. The minimum atomic E-state index is -1.73. The molecule has 0 aliphatic carbocycles. The number of benzene rings is 2. The van der Waals surface area contributed by atoms with Gasteiger partial charge in [-0.15, -0.1) is 11.3 Å². The molecule has 2 atom stereocenters. The first-order chi connectivity index (χ1) is 21.2. The number of nitrogens with zero attached hydrogens (tertiary/aromatic N) is 2. The van der Waals surface area contributed by atoms with E-state index >= 15 is 0 Å². The van der Waals surface area contributed by atoms with Crippen molar-refractivity contribution in [3.63, 3.8) is 0 Å². The molecule has 4 rings (SSSR count). The van der Waals surface area contributed by atoms with E-state index in [4.69, 9.17) is 4.74 Å². The Morgan fingerprint density at radius 2 is 1.53 bits per heavy atom. The van der Waals surface area contributed by atoms with Gasteiger partial charge in [0.2, 0.25) is 5.91 Å². The molecule has 2 aromatic carbocycles. The molecule has 0 aliphatic rings. The zero-order valence-electron chi connectivity index (χ0n) is 26.8. The van der Waals surface area contributed by atoms with E-state index in [9.17, 15) is 19.8 Å². The number of aromatic nitrogens is 2. The maximum Gasteiger partial charge on any atom is 0.262 e. The van der Waals surface area contributed by atoms with Crippen molar-refractivity contribution in [1.82, 2.24) is 20.6 Å². The van der Waals surface area contributed by atoms with Crippen LogP contribution in [0.5, 0.6) is 5.75 Å². The van der Waals surface area contributed by atoms with Crippen LogP contribution >= 0.6 is 11.3 Å². The molecule has 10 heteroatoms. The second kappa shape index (κ2) is 14.3. The normalized spacial score (nSPS) is 13.0. The second-order valence-electron chi connectivity index (χ2n) is 12.5. The molecule has 4 N–H and O–H groups in total. The SMILES string of the molecule is Cc1cc(-c2cnc(-c3ccc(C[C@H](NC(=O)c4ccc(C(C)(C)C)s4)C(=O)N[C@H](C)C(O)O)cc3)nc2)ccc1OC(C)C. The molecule has 2 aromatic heterocycles. The first-order valence-electron chi connectivity index (χ1n) is 15.0. The number of hydrogen-bond donors (Lipinski definition) is 4. The van der Waals surface area contributed by atoms with Crippen molar-refractivity contribution in [3.8, 4) is 28.3 Å². The fraction of sp³-hybridized carbons (Fsp3) is 0.371. The molecule has 2 heterocycles. The Bertz CT molecular complexity index is 1610. The molecule has 0 saturated carbocycles. The second-order valence-corrected chi connectivity index (χ2v) is 13.6. The third-order valence-electron chi connectivity index (χ3n) is 7.18. The van der Waals surface area contributed by atoms with Gasteiger partial charge in [-0.05, 0) is 74.1 Å². The topological polar surface area (TPSA) is 134 Å². The van der Waals surface area contributed by atoms with Gasteiger partial charge >= 0.3 is 0 Å². The van der Waals surface area contributed by atoms with Crippen molar-refractivity contribution >= 4 is 23.2 Å². The predicted octanol–water partition coefficient (Wildman–Crippen LogP) is 5.42. The van der Waals surface area contributed by atoms with Crippen LogP contribution in [0.4, 0.5) is 0 Å². The third kappa shape index (κ3) is 8.97. The summed E-state index contributed by atoms with van der Waals surface area (Å²) in [5.41, 5.74) is 4.42. The van der Waals surface area contributed by atoms with Crippen LogP contribution in [-0.2, 0) is 16.6 Å². The summed E-state index contributed by atoms with van der Waals surface area (Å²) in [5.74, 6) is 0.531. The first-order valence-corrected chi connectivity index (χ1v) is 15.8. The van der Waals surface area contributed by atoms with Gasteiger partial charge in [0.15, 0.2) is 12.1 Å². The number of ether oxygens (including phenoxy) is 1. The maximum absolute atomic E-state index is 13.2. The van der Waals surface area contributed by atoms with Crippen LogP contribution in [0.25, 0.3) is 22.5 Å². The molecule has 238 valence electrons. The van der Waals surface area contributed by atoms with Gasteiger partial charge in [-0.2, -0.15) is 0 Å². The standard InChI is InChI=1S/C35H42N4O5S/c1-20(2)44-28-13-12-25(16-21(28)3)26-18-36-31(37-19-26)24-10-8-23(9-11-24)17-27(32(40)38-22(4)34(42)43)39-33(41)29-14-15-30(45-29)35(5,6)7/h8-16,18-20,22,27,34,42-43H,17H2,1-7H3,(H,38,40)(H,39,41)/t22-,27+/m1/s1. The zero-order valence-corrected chi connectivity index (χ0v) is 27.6. The summed E-state index contributed by atoms with van der Waals surface area (Å²) >= 11 is 1.39. The van der Waals surface area contributed by atoms with E-state index in [1.165, 1.54) is 18.3 Å². The largest absolute Gasteiger partial charge is 0.491 e. The summed E-state index contributed by atoms with van der Waals surface area (Å²) in [5, 5.41) is 24.4. The van der Waals surface area contributed by atoms with Gasteiger partial charge in [-0.1, -0.05) is 51.1 Å². The minimum absolute atomic E-state index is 0.0995. The molecule has 0 spiro atoms. The fourth-order valence-corrected chi connectivity index (χ4v) is 5.53. The average molecular weight is 631 g/mol. The van der Waals surface area contributed by atoms with Gasteiger partial charge in [-0.25, -0.2) is 9.97 Å². The van der Waals surface area contributed by atoms with Crippen molar-refractivity contribution < 1.29 is 24.5 Å². The van der Waals surface area contributed by atoms with Gasteiger partial charge in [0.1, 0.15) is 11.8 Å². The molecule has 0 aliphatic heterocycles. The Labute approximate surface area is 268 Å². The molecule has 0 unspecified atom stereocenters. The van der Waals surface area contributed by atoms with Crippen molar-refractivity contribution in [2.24, 2.45) is 0 Å². The number of carbonyl (C=O) groups excluding carboxylic acids is 2. The fourth-order valence-electron chi connectivity index (χ4n) is 4.57. The quantitative estimate of drug-likeness (QED) is 0.163. The third-order valence-corrected chi connectivity index (χ3v) is 8.69. The lowest BCUT2D eigenvalue weighted by Crippen LogP contribution is -2.52. The molecule has 0 saturated heterocycles. The molecule has 0 bridgehead atoms. The Morgan fingerprint density at radius 3 is 2.09 bits per heavy atom. The monoisotopic (exact) mass is 630 g/mol. The van der Waals surface area contributed by atoms with E-state index in [2.05, 4.69) is 47.4 Å². The lowest BCUT2D eigenvalue weighted by atomic mass is 9.95. The number of aryl methyl sites for hydroxylation is 1. The number of carbonyl (C=O) groups is 2. The van der Waals surface area contributed by atoms with Gasteiger partial charge in [0.25, 0.3) is 5.91 Å². The first kappa shape index (κ1) is 33.8. The van der Waals surface area contributed by atoms with Crippen LogP contribution in [-0.4, -0.2) is 56.5 Å². The summed E-state index contributed by atoms with van der Waals surface area (Å²) in [6.45, 7) is 13.7. The summed E-state index contributed by atoms with van der Waals surface area (Å²) in [7, 11) is 0. The van der Waals surface area contributed by atoms with E-state index < -0.39 is 24.3 Å². The Balaban J connectivity index is 1.48. The van der Waals surface area contributed by atoms with Crippen LogP contribution in [0.1, 0.15) is 67.2 Å². The van der Waals surface area contributed by atoms with Crippen molar-refractivity contribution in [1.29, 1.82) is 0 Å². The lowest BCUT2D eigenvalue weighted by Gasteiger charge is -2.22. The highest BCUT2D eigenvalue weighted by atomic mass is 32.1.